The average Bonchev–Trinajstić information content (AvgIpc) is 3.16. The molecule has 2 aromatic carbocycles. The lowest BCUT2D eigenvalue weighted by atomic mass is 9.94. The van der Waals surface area contributed by atoms with Crippen LogP contribution in [-0.4, -0.2) is 49.5 Å². The van der Waals surface area contributed by atoms with Gasteiger partial charge in [-0.15, -0.1) is 0 Å². The third-order valence-corrected chi connectivity index (χ3v) is 7.04. The largest absolute Gasteiger partial charge is 0.485 e. The van der Waals surface area contributed by atoms with Gasteiger partial charge in [-0.25, -0.2) is 17.9 Å². The van der Waals surface area contributed by atoms with Gasteiger partial charge in [-0.3, -0.25) is 0 Å². The number of nitrogens with one attached hydrogen (secondary N) is 1. The molecule has 1 fully saturated rings. The van der Waals surface area contributed by atoms with Crippen molar-refractivity contribution in [2.24, 2.45) is 0 Å². The minimum Gasteiger partial charge on any atom is -0.485 e. The van der Waals surface area contributed by atoms with E-state index < -0.39 is 46.8 Å². The molecule has 1 heterocycles. The molecule has 1 aliphatic carbocycles. The Kier molecular flexibility index (Phi) is 5.16. The Morgan fingerprint density at radius 1 is 1.24 bits per heavy atom. The van der Waals surface area contributed by atoms with E-state index >= 15 is 0 Å². The predicted octanol–water partition coefficient (Wildman–Crippen LogP) is 1.76. The number of ether oxygens (including phenoxy) is 2. The number of para-hydroxylation sites is 1. The van der Waals surface area contributed by atoms with Gasteiger partial charge in [0.05, 0.1) is 17.2 Å². The maximum Gasteiger partial charge on any atom is 0.341 e. The van der Waals surface area contributed by atoms with Crippen LogP contribution in [-0.2, 0) is 14.8 Å². The molecule has 4 rings (SSSR count). The number of hydrogen-bond donors (Lipinski definition) is 3. The summed E-state index contributed by atoms with van der Waals surface area (Å²) in [6, 6.07) is 10.2. The minimum absolute atomic E-state index is 0.0741. The highest BCUT2D eigenvalue weighted by atomic mass is 35.5. The molecular formula is C19H18ClNO7S. The summed E-state index contributed by atoms with van der Waals surface area (Å²) in [5, 5.41) is 19.4. The zero-order chi connectivity index (χ0) is 20.8. The van der Waals surface area contributed by atoms with Crippen LogP contribution in [0.3, 0.4) is 0 Å². The molecule has 0 spiro atoms. The Morgan fingerprint density at radius 3 is 2.72 bits per heavy atom. The van der Waals surface area contributed by atoms with E-state index in [0.717, 1.165) is 0 Å². The number of carboxylic acid groups (broad SMARTS) is 1. The second-order valence-electron chi connectivity index (χ2n) is 6.92. The van der Waals surface area contributed by atoms with Crippen molar-refractivity contribution in [3.63, 3.8) is 0 Å². The first-order chi connectivity index (χ1) is 13.8. The highest BCUT2D eigenvalue weighted by Crippen LogP contribution is 2.51. The molecule has 0 aromatic heterocycles. The number of benzene rings is 2. The second-order valence-corrected chi connectivity index (χ2v) is 9.01. The van der Waals surface area contributed by atoms with E-state index in [1.807, 2.05) is 0 Å². The molecule has 4 unspecified atom stereocenters. The van der Waals surface area contributed by atoms with Crippen molar-refractivity contribution in [1.29, 1.82) is 0 Å². The molecule has 0 radical (unpaired) electrons. The van der Waals surface area contributed by atoms with Crippen molar-refractivity contribution < 1.29 is 32.9 Å². The molecule has 1 aliphatic heterocycles. The van der Waals surface area contributed by atoms with E-state index in [-0.39, 0.29) is 22.1 Å². The van der Waals surface area contributed by atoms with Crippen molar-refractivity contribution in [1.82, 2.24) is 4.72 Å². The van der Waals surface area contributed by atoms with Crippen LogP contribution in [0.5, 0.6) is 11.5 Å². The standard InChI is InChI=1S/C19H18ClNO7S/c20-11-5-1-2-7-15(11)29(25,26)21-18-12(22)8-14-17(18)10-4-3-6-13(19(10)28-14)27-9-16(23)24/h1-7,12,14,17-18,21-22H,8-9H2,(H,23,24). The third kappa shape index (κ3) is 3.66. The van der Waals surface area contributed by atoms with Crippen LogP contribution < -0.4 is 14.2 Å². The predicted molar refractivity (Wildman–Crippen MR) is 103 cm³/mol. The van der Waals surface area contributed by atoms with Gasteiger partial charge >= 0.3 is 5.97 Å². The molecule has 0 saturated heterocycles. The fraction of sp³-hybridized carbons (Fsp3) is 0.316. The normalized spacial score (nSPS) is 25.2. The Labute approximate surface area is 172 Å². The quantitative estimate of drug-likeness (QED) is 0.626. The lowest BCUT2D eigenvalue weighted by molar-refractivity contribution is -0.139. The first kappa shape index (κ1) is 20.0. The van der Waals surface area contributed by atoms with Gasteiger partial charge in [-0.1, -0.05) is 35.9 Å². The van der Waals surface area contributed by atoms with Gasteiger partial charge in [-0.2, -0.15) is 0 Å². The number of sulfonamides is 1. The Hall–Kier alpha value is -2.33. The number of aliphatic hydroxyl groups is 1. The number of hydrogen-bond acceptors (Lipinski definition) is 6. The molecule has 1 saturated carbocycles. The zero-order valence-corrected chi connectivity index (χ0v) is 16.6. The topological polar surface area (TPSA) is 122 Å². The number of aliphatic carboxylic acids is 1. The van der Waals surface area contributed by atoms with E-state index in [2.05, 4.69) is 4.72 Å². The van der Waals surface area contributed by atoms with Gasteiger partial charge in [-0.05, 0) is 18.2 Å². The van der Waals surface area contributed by atoms with E-state index in [9.17, 15) is 18.3 Å². The number of carbonyl (C=O) groups is 1. The summed E-state index contributed by atoms with van der Waals surface area (Å²) in [4.78, 5) is 10.7. The van der Waals surface area contributed by atoms with Crippen LogP contribution in [0.15, 0.2) is 47.4 Å². The van der Waals surface area contributed by atoms with Gasteiger partial charge in [0.1, 0.15) is 11.0 Å². The number of aliphatic hydroxyl groups excluding tert-OH is 1. The summed E-state index contributed by atoms with van der Waals surface area (Å²) >= 11 is 6.03. The molecule has 3 N–H and O–H groups in total. The first-order valence-electron chi connectivity index (χ1n) is 8.87. The Morgan fingerprint density at radius 2 is 2.00 bits per heavy atom. The van der Waals surface area contributed by atoms with E-state index in [1.165, 1.54) is 12.1 Å². The van der Waals surface area contributed by atoms with E-state index in [4.69, 9.17) is 26.2 Å². The van der Waals surface area contributed by atoms with Gasteiger partial charge in [0.2, 0.25) is 10.0 Å². The maximum absolute atomic E-state index is 12.9. The number of halogens is 1. The van der Waals surface area contributed by atoms with Gasteiger partial charge < -0.3 is 19.7 Å². The lowest BCUT2D eigenvalue weighted by Gasteiger charge is -2.22. The Balaban J connectivity index is 1.64. The highest BCUT2D eigenvalue weighted by Gasteiger charge is 2.51. The summed E-state index contributed by atoms with van der Waals surface area (Å²) in [5.74, 6) is -0.939. The van der Waals surface area contributed by atoms with Crippen molar-refractivity contribution in [2.45, 2.75) is 35.5 Å². The fourth-order valence-corrected chi connectivity index (χ4v) is 5.71. The molecule has 0 bridgehead atoms. The molecule has 2 aromatic rings. The smallest absolute Gasteiger partial charge is 0.341 e. The molecular weight excluding hydrogens is 422 g/mol. The monoisotopic (exact) mass is 439 g/mol. The molecule has 29 heavy (non-hydrogen) atoms. The van der Waals surface area contributed by atoms with Crippen molar-refractivity contribution in [3.05, 3.63) is 53.1 Å². The van der Waals surface area contributed by atoms with Crippen LogP contribution in [0.4, 0.5) is 0 Å². The first-order valence-corrected chi connectivity index (χ1v) is 10.7. The number of carboxylic acids is 1. The summed E-state index contributed by atoms with van der Waals surface area (Å²) in [6.45, 7) is -0.527. The lowest BCUT2D eigenvalue weighted by Crippen LogP contribution is -2.43. The molecule has 4 atom stereocenters. The van der Waals surface area contributed by atoms with Crippen molar-refractivity contribution in [2.75, 3.05) is 6.61 Å². The van der Waals surface area contributed by atoms with Gasteiger partial charge in [0.15, 0.2) is 18.1 Å². The second kappa shape index (κ2) is 7.49. The molecule has 0 amide bonds. The highest BCUT2D eigenvalue weighted by molar-refractivity contribution is 7.89. The molecule has 154 valence electrons. The van der Waals surface area contributed by atoms with Crippen molar-refractivity contribution in [3.8, 4) is 11.5 Å². The van der Waals surface area contributed by atoms with Crippen molar-refractivity contribution >= 4 is 27.6 Å². The van der Waals surface area contributed by atoms with E-state index in [0.29, 0.717) is 11.3 Å². The SMILES string of the molecule is O=C(O)COc1cccc2c1OC1CC(O)C(NS(=O)(=O)c3ccccc3Cl)C21. The zero-order valence-electron chi connectivity index (χ0n) is 15.0. The van der Waals surface area contributed by atoms with Crippen LogP contribution >= 0.6 is 11.6 Å². The van der Waals surface area contributed by atoms with E-state index in [1.54, 1.807) is 30.3 Å². The number of rotatable bonds is 6. The maximum atomic E-state index is 12.9. The van der Waals surface area contributed by atoms with Crippen LogP contribution in [0.2, 0.25) is 5.02 Å². The van der Waals surface area contributed by atoms with Crippen LogP contribution in [0.25, 0.3) is 0 Å². The molecule has 8 nitrogen and oxygen atoms in total. The third-order valence-electron chi connectivity index (χ3n) is 5.08. The fourth-order valence-electron chi connectivity index (χ4n) is 3.90. The van der Waals surface area contributed by atoms with Gasteiger partial charge in [0.25, 0.3) is 0 Å². The van der Waals surface area contributed by atoms with Crippen LogP contribution in [0, 0.1) is 0 Å². The molecule has 2 aliphatic rings. The van der Waals surface area contributed by atoms with Crippen LogP contribution in [0.1, 0.15) is 17.9 Å². The summed E-state index contributed by atoms with van der Waals surface area (Å²) in [5.41, 5.74) is 0.654. The Bertz CT molecular complexity index is 1060. The summed E-state index contributed by atoms with van der Waals surface area (Å²) in [7, 11) is -3.99. The minimum atomic E-state index is -3.99. The summed E-state index contributed by atoms with van der Waals surface area (Å²) < 4.78 is 39.5. The average molecular weight is 440 g/mol. The number of fused-ring (bicyclic) bond motifs is 3. The summed E-state index contributed by atoms with van der Waals surface area (Å²) in [6.07, 6.45) is -1.21. The van der Waals surface area contributed by atoms with Gasteiger partial charge in [0, 0.05) is 17.9 Å². The molecule has 10 heteroatoms.